The summed E-state index contributed by atoms with van der Waals surface area (Å²) in [7, 11) is -3.62. The van der Waals surface area contributed by atoms with E-state index in [1.165, 1.54) is 11.3 Å². The van der Waals surface area contributed by atoms with Gasteiger partial charge in [0.25, 0.3) is 5.91 Å². The van der Waals surface area contributed by atoms with Crippen molar-refractivity contribution in [2.24, 2.45) is 11.8 Å². The van der Waals surface area contributed by atoms with Crippen LogP contribution in [-0.4, -0.2) is 36.7 Å². The standard InChI is InChI=1S/C30H33N3O3S2/c1-4-24-11-8-12-27-28(24)31-30(37-27)33(20-23-9-6-5-7-10-23)29(34)25-13-15-26(16-14-25)38(35,36)32-18-21(2)17-22(3)19-32/h5-16,21-22H,4,17-20H2,1-3H3. The topological polar surface area (TPSA) is 70.6 Å². The number of hydrogen-bond donors (Lipinski definition) is 0. The third kappa shape index (κ3) is 5.39. The van der Waals surface area contributed by atoms with Gasteiger partial charge in [0.15, 0.2) is 5.13 Å². The number of benzene rings is 3. The maximum Gasteiger partial charge on any atom is 0.260 e. The lowest BCUT2D eigenvalue weighted by molar-refractivity contribution is 0.0985. The first-order valence-corrected chi connectivity index (χ1v) is 15.4. The van der Waals surface area contributed by atoms with Gasteiger partial charge in [0, 0.05) is 18.7 Å². The number of carbonyl (C=O) groups is 1. The van der Waals surface area contributed by atoms with Crippen molar-refractivity contribution >= 4 is 42.6 Å². The van der Waals surface area contributed by atoms with Crippen molar-refractivity contribution in [1.29, 1.82) is 0 Å². The Morgan fingerprint density at radius 3 is 2.32 bits per heavy atom. The molecule has 0 N–H and O–H groups in total. The lowest BCUT2D eigenvalue weighted by atomic mass is 9.94. The lowest BCUT2D eigenvalue weighted by Crippen LogP contribution is -2.42. The van der Waals surface area contributed by atoms with Crippen molar-refractivity contribution in [3.8, 4) is 0 Å². The Morgan fingerprint density at radius 2 is 1.66 bits per heavy atom. The molecule has 3 aromatic carbocycles. The summed E-state index contributed by atoms with van der Waals surface area (Å²) in [6, 6.07) is 22.3. The van der Waals surface area contributed by atoms with Crippen LogP contribution in [0.25, 0.3) is 10.2 Å². The monoisotopic (exact) mass is 547 g/mol. The van der Waals surface area contributed by atoms with E-state index in [0.717, 1.165) is 34.2 Å². The SMILES string of the molecule is CCc1cccc2sc(N(Cc3ccccc3)C(=O)c3ccc(S(=O)(=O)N4CC(C)CC(C)C4)cc3)nc12. The molecule has 0 radical (unpaired) electrons. The minimum absolute atomic E-state index is 0.213. The van der Waals surface area contributed by atoms with E-state index in [-0.39, 0.29) is 10.8 Å². The number of carbonyl (C=O) groups excluding carboxylic acids is 1. The van der Waals surface area contributed by atoms with Crippen molar-refractivity contribution in [1.82, 2.24) is 9.29 Å². The average molecular weight is 548 g/mol. The zero-order chi connectivity index (χ0) is 26.9. The van der Waals surface area contributed by atoms with Gasteiger partial charge in [-0.15, -0.1) is 0 Å². The molecule has 2 unspecified atom stereocenters. The molecule has 2 atom stereocenters. The van der Waals surface area contributed by atoms with Crippen LogP contribution < -0.4 is 4.90 Å². The molecule has 1 aromatic heterocycles. The molecular formula is C30H33N3O3S2. The second kappa shape index (κ2) is 11.0. The number of sulfonamides is 1. The second-order valence-corrected chi connectivity index (χ2v) is 13.2. The van der Waals surface area contributed by atoms with Gasteiger partial charge in [0.05, 0.1) is 21.7 Å². The molecule has 1 aliphatic heterocycles. The molecule has 4 aromatic rings. The van der Waals surface area contributed by atoms with E-state index >= 15 is 0 Å². The number of amides is 1. The number of anilines is 1. The zero-order valence-corrected chi connectivity index (χ0v) is 23.6. The number of piperidine rings is 1. The minimum atomic E-state index is -3.62. The van der Waals surface area contributed by atoms with Gasteiger partial charge >= 0.3 is 0 Å². The first kappa shape index (κ1) is 26.5. The summed E-state index contributed by atoms with van der Waals surface area (Å²) in [5, 5.41) is 0.628. The highest BCUT2D eigenvalue weighted by Gasteiger charge is 2.32. The number of hydrogen-bond acceptors (Lipinski definition) is 5. The summed E-state index contributed by atoms with van der Waals surface area (Å²) in [6.45, 7) is 7.69. The van der Waals surface area contributed by atoms with Crippen molar-refractivity contribution < 1.29 is 13.2 Å². The van der Waals surface area contributed by atoms with Gasteiger partial charge in [0.2, 0.25) is 10.0 Å². The maximum absolute atomic E-state index is 13.9. The average Bonchev–Trinajstić information content (AvgIpc) is 3.36. The summed E-state index contributed by atoms with van der Waals surface area (Å²) in [4.78, 5) is 20.7. The first-order valence-electron chi connectivity index (χ1n) is 13.1. The fourth-order valence-electron chi connectivity index (χ4n) is 5.26. The van der Waals surface area contributed by atoms with Crippen LogP contribution in [0.1, 0.15) is 48.7 Å². The fourth-order valence-corrected chi connectivity index (χ4v) is 7.95. The van der Waals surface area contributed by atoms with Crippen LogP contribution in [0.15, 0.2) is 77.7 Å². The molecule has 1 aliphatic rings. The summed E-state index contributed by atoms with van der Waals surface area (Å²) < 4.78 is 29.3. The van der Waals surface area contributed by atoms with E-state index in [9.17, 15) is 13.2 Å². The van der Waals surface area contributed by atoms with Crippen LogP contribution in [0, 0.1) is 11.8 Å². The molecule has 198 valence electrons. The smallest absolute Gasteiger partial charge is 0.260 e. The van der Waals surface area contributed by atoms with Crippen LogP contribution in [0.3, 0.4) is 0 Å². The summed E-state index contributed by atoms with van der Waals surface area (Å²) >= 11 is 1.50. The van der Waals surface area contributed by atoms with Crippen molar-refractivity contribution in [3.05, 3.63) is 89.5 Å². The van der Waals surface area contributed by atoms with Crippen LogP contribution in [-0.2, 0) is 23.0 Å². The predicted octanol–water partition coefficient (Wildman–Crippen LogP) is 6.37. The lowest BCUT2D eigenvalue weighted by Gasteiger charge is -2.34. The Bertz CT molecular complexity index is 1520. The van der Waals surface area contributed by atoms with Gasteiger partial charge in [-0.2, -0.15) is 4.31 Å². The van der Waals surface area contributed by atoms with Crippen molar-refractivity contribution in [2.75, 3.05) is 18.0 Å². The number of para-hydroxylation sites is 1. The molecular weight excluding hydrogens is 514 g/mol. The molecule has 0 saturated carbocycles. The van der Waals surface area contributed by atoms with Gasteiger partial charge in [-0.05, 0) is 66.1 Å². The molecule has 1 amide bonds. The highest BCUT2D eigenvalue weighted by atomic mass is 32.2. The summed E-state index contributed by atoms with van der Waals surface area (Å²) in [5.41, 5.74) is 3.49. The third-order valence-electron chi connectivity index (χ3n) is 7.11. The van der Waals surface area contributed by atoms with Crippen LogP contribution in [0.2, 0.25) is 0 Å². The number of fused-ring (bicyclic) bond motifs is 1. The Balaban J connectivity index is 1.47. The molecule has 6 nitrogen and oxygen atoms in total. The van der Waals surface area contributed by atoms with E-state index in [4.69, 9.17) is 4.98 Å². The van der Waals surface area contributed by atoms with E-state index < -0.39 is 10.0 Å². The molecule has 38 heavy (non-hydrogen) atoms. The molecule has 1 fully saturated rings. The third-order valence-corrected chi connectivity index (χ3v) is 10.00. The minimum Gasteiger partial charge on any atom is -0.279 e. The Kier molecular flexibility index (Phi) is 7.66. The van der Waals surface area contributed by atoms with Crippen molar-refractivity contribution in [2.45, 2.75) is 45.1 Å². The van der Waals surface area contributed by atoms with Crippen molar-refractivity contribution in [3.63, 3.8) is 0 Å². The molecule has 1 saturated heterocycles. The Morgan fingerprint density at radius 1 is 0.974 bits per heavy atom. The van der Waals surface area contributed by atoms with E-state index in [1.807, 2.05) is 42.5 Å². The first-order chi connectivity index (χ1) is 18.3. The number of aromatic nitrogens is 1. The van der Waals surface area contributed by atoms with Crippen LogP contribution >= 0.6 is 11.3 Å². The highest BCUT2D eigenvalue weighted by molar-refractivity contribution is 7.89. The van der Waals surface area contributed by atoms with Gasteiger partial charge in [-0.25, -0.2) is 13.4 Å². The Labute approximate surface area is 229 Å². The molecule has 0 aliphatic carbocycles. The molecule has 2 heterocycles. The largest absolute Gasteiger partial charge is 0.279 e. The second-order valence-electron chi connectivity index (χ2n) is 10.3. The summed E-state index contributed by atoms with van der Waals surface area (Å²) in [5.74, 6) is 0.432. The zero-order valence-electron chi connectivity index (χ0n) is 22.0. The summed E-state index contributed by atoms with van der Waals surface area (Å²) in [6.07, 6.45) is 1.89. The fraction of sp³-hybridized carbons (Fsp3) is 0.333. The van der Waals surface area contributed by atoms with Gasteiger partial charge in [-0.3, -0.25) is 9.69 Å². The van der Waals surface area contributed by atoms with Gasteiger partial charge in [0.1, 0.15) is 0 Å². The Hall–Kier alpha value is -3.07. The van der Waals surface area contributed by atoms with Gasteiger partial charge in [-0.1, -0.05) is 74.6 Å². The molecule has 0 bridgehead atoms. The van der Waals surface area contributed by atoms with E-state index in [2.05, 4.69) is 26.8 Å². The van der Waals surface area contributed by atoms with Crippen LogP contribution in [0.4, 0.5) is 5.13 Å². The number of aryl methyl sites for hydroxylation is 1. The molecule has 5 rings (SSSR count). The maximum atomic E-state index is 13.9. The van der Waals surface area contributed by atoms with Crippen LogP contribution in [0.5, 0.6) is 0 Å². The quantitative estimate of drug-likeness (QED) is 0.269. The van der Waals surface area contributed by atoms with Gasteiger partial charge < -0.3 is 0 Å². The highest BCUT2D eigenvalue weighted by Crippen LogP contribution is 2.33. The predicted molar refractivity (Wildman–Crippen MR) is 154 cm³/mol. The number of rotatable bonds is 7. The van der Waals surface area contributed by atoms with E-state index in [0.29, 0.717) is 42.2 Å². The van der Waals surface area contributed by atoms with E-state index in [1.54, 1.807) is 33.5 Å². The number of nitrogens with zero attached hydrogens (tertiary/aromatic N) is 3. The molecule has 8 heteroatoms. The normalized spacial score (nSPS) is 18.5. The molecule has 0 spiro atoms. The number of thiazole rings is 1.